The molecule has 2 rings (SSSR count). The van der Waals surface area contributed by atoms with E-state index in [1.165, 1.54) is 12.0 Å². The molecule has 1 saturated carbocycles. The second-order valence-corrected chi connectivity index (χ2v) is 4.19. The molecule has 3 heteroatoms. The van der Waals surface area contributed by atoms with Crippen molar-refractivity contribution in [3.05, 3.63) is 28.5 Å². The zero-order chi connectivity index (χ0) is 8.60. The summed E-state index contributed by atoms with van der Waals surface area (Å²) in [6.07, 6.45) is 5.25. The van der Waals surface area contributed by atoms with Gasteiger partial charge in [-0.2, -0.15) is 0 Å². The molecule has 1 fully saturated rings. The Morgan fingerprint density at radius 3 is 2.75 bits per heavy atom. The molecule has 0 radical (unpaired) electrons. The predicted molar refractivity (Wildman–Crippen MR) is 51.7 cm³/mol. The van der Waals surface area contributed by atoms with Gasteiger partial charge in [-0.3, -0.25) is 0 Å². The van der Waals surface area contributed by atoms with E-state index in [9.17, 15) is 0 Å². The van der Waals surface area contributed by atoms with Crippen LogP contribution in [0.3, 0.4) is 0 Å². The van der Waals surface area contributed by atoms with Crippen LogP contribution in [0.5, 0.6) is 0 Å². The first kappa shape index (κ1) is 8.20. The Bertz CT molecular complexity index is 294. The van der Waals surface area contributed by atoms with Crippen LogP contribution < -0.4 is 5.73 Å². The summed E-state index contributed by atoms with van der Waals surface area (Å²) >= 11 is 3.34. The van der Waals surface area contributed by atoms with Crippen molar-refractivity contribution in [2.24, 2.45) is 5.73 Å². The zero-order valence-corrected chi connectivity index (χ0v) is 8.34. The van der Waals surface area contributed by atoms with Crippen LogP contribution in [0.4, 0.5) is 0 Å². The molecule has 1 aliphatic rings. The highest BCUT2D eigenvalue weighted by Gasteiger charge is 2.34. The molecule has 1 heterocycles. The second-order valence-electron chi connectivity index (χ2n) is 3.38. The van der Waals surface area contributed by atoms with Gasteiger partial charge in [0.15, 0.2) is 0 Å². The average Bonchev–Trinajstić information content (AvgIpc) is 2.00. The van der Waals surface area contributed by atoms with Crippen LogP contribution in [0.1, 0.15) is 24.8 Å². The highest BCUT2D eigenvalue weighted by molar-refractivity contribution is 9.10. The van der Waals surface area contributed by atoms with Gasteiger partial charge in [0.05, 0.1) is 0 Å². The van der Waals surface area contributed by atoms with Crippen LogP contribution in [0.2, 0.25) is 0 Å². The maximum absolute atomic E-state index is 6.14. The van der Waals surface area contributed by atoms with Crippen LogP contribution in [0.25, 0.3) is 0 Å². The third kappa shape index (κ3) is 1.27. The summed E-state index contributed by atoms with van der Waals surface area (Å²) < 4.78 is 0.872. The minimum atomic E-state index is -0.0640. The van der Waals surface area contributed by atoms with E-state index in [2.05, 4.69) is 20.9 Å². The molecule has 12 heavy (non-hydrogen) atoms. The average molecular weight is 227 g/mol. The third-order valence-electron chi connectivity index (χ3n) is 2.55. The Morgan fingerprint density at radius 1 is 1.50 bits per heavy atom. The first-order valence-corrected chi connectivity index (χ1v) is 4.91. The Hall–Kier alpha value is -0.410. The standard InChI is InChI=1S/C9H11BrN2/c10-8-6-7(2-5-12-8)9(11)3-1-4-9/h2,5-6H,1,3-4,11H2. The van der Waals surface area contributed by atoms with Crippen molar-refractivity contribution in [3.63, 3.8) is 0 Å². The Morgan fingerprint density at radius 2 is 2.25 bits per heavy atom. The lowest BCUT2D eigenvalue weighted by atomic mass is 9.73. The van der Waals surface area contributed by atoms with Crippen molar-refractivity contribution in [1.29, 1.82) is 0 Å². The summed E-state index contributed by atoms with van der Waals surface area (Å²) in [5.74, 6) is 0. The number of hydrogen-bond acceptors (Lipinski definition) is 2. The van der Waals surface area contributed by atoms with Crippen molar-refractivity contribution in [3.8, 4) is 0 Å². The van der Waals surface area contributed by atoms with Crippen molar-refractivity contribution >= 4 is 15.9 Å². The monoisotopic (exact) mass is 226 g/mol. The third-order valence-corrected chi connectivity index (χ3v) is 2.98. The zero-order valence-electron chi connectivity index (χ0n) is 6.76. The number of pyridine rings is 1. The van der Waals surface area contributed by atoms with Gasteiger partial charge in [0.2, 0.25) is 0 Å². The predicted octanol–water partition coefficient (Wildman–Crippen LogP) is 2.18. The topological polar surface area (TPSA) is 38.9 Å². The molecule has 0 saturated heterocycles. The summed E-state index contributed by atoms with van der Waals surface area (Å²) in [5, 5.41) is 0. The summed E-state index contributed by atoms with van der Waals surface area (Å²) in [6.45, 7) is 0. The molecule has 2 nitrogen and oxygen atoms in total. The number of nitrogens with zero attached hydrogens (tertiary/aromatic N) is 1. The SMILES string of the molecule is NC1(c2ccnc(Br)c2)CCC1. The van der Waals surface area contributed by atoms with Gasteiger partial charge in [-0.05, 0) is 52.9 Å². The van der Waals surface area contributed by atoms with E-state index in [1.807, 2.05) is 12.1 Å². The van der Waals surface area contributed by atoms with Gasteiger partial charge in [0.1, 0.15) is 4.60 Å². The van der Waals surface area contributed by atoms with Gasteiger partial charge >= 0.3 is 0 Å². The van der Waals surface area contributed by atoms with Crippen molar-refractivity contribution in [2.45, 2.75) is 24.8 Å². The molecule has 2 N–H and O–H groups in total. The quantitative estimate of drug-likeness (QED) is 0.747. The molecule has 0 atom stereocenters. The largest absolute Gasteiger partial charge is 0.321 e. The molecule has 0 aliphatic heterocycles. The molecule has 64 valence electrons. The van der Waals surface area contributed by atoms with Crippen molar-refractivity contribution < 1.29 is 0 Å². The Balaban J connectivity index is 2.33. The summed E-state index contributed by atoms with van der Waals surface area (Å²) in [6, 6.07) is 4.02. The van der Waals surface area contributed by atoms with Gasteiger partial charge in [0.25, 0.3) is 0 Å². The van der Waals surface area contributed by atoms with Crippen LogP contribution >= 0.6 is 15.9 Å². The van der Waals surface area contributed by atoms with Crippen molar-refractivity contribution in [2.75, 3.05) is 0 Å². The summed E-state index contributed by atoms with van der Waals surface area (Å²) in [5.41, 5.74) is 7.28. The molecular formula is C9H11BrN2. The van der Waals surface area contributed by atoms with Crippen molar-refractivity contribution in [1.82, 2.24) is 4.98 Å². The fourth-order valence-electron chi connectivity index (χ4n) is 1.56. The second kappa shape index (κ2) is 2.82. The van der Waals surface area contributed by atoms with Crippen LogP contribution in [0.15, 0.2) is 22.9 Å². The minimum absolute atomic E-state index is 0.0640. The molecule has 1 aromatic heterocycles. The number of hydrogen-bond donors (Lipinski definition) is 1. The lowest BCUT2D eigenvalue weighted by Gasteiger charge is -2.38. The van der Waals surface area contributed by atoms with Crippen LogP contribution in [-0.2, 0) is 5.54 Å². The summed E-state index contributed by atoms with van der Waals surface area (Å²) in [7, 11) is 0. The Kier molecular flexibility index (Phi) is 1.93. The van der Waals surface area contributed by atoms with E-state index in [0.717, 1.165) is 17.4 Å². The van der Waals surface area contributed by atoms with Gasteiger partial charge in [-0.1, -0.05) is 0 Å². The molecule has 0 spiro atoms. The van der Waals surface area contributed by atoms with Crippen LogP contribution in [-0.4, -0.2) is 4.98 Å². The van der Waals surface area contributed by atoms with E-state index < -0.39 is 0 Å². The number of halogens is 1. The van der Waals surface area contributed by atoms with E-state index in [-0.39, 0.29) is 5.54 Å². The van der Waals surface area contributed by atoms with E-state index in [0.29, 0.717) is 0 Å². The number of aromatic nitrogens is 1. The maximum Gasteiger partial charge on any atom is 0.106 e. The number of nitrogens with two attached hydrogens (primary N) is 1. The van der Waals surface area contributed by atoms with Crippen LogP contribution in [0, 0.1) is 0 Å². The lowest BCUT2D eigenvalue weighted by Crippen LogP contribution is -2.43. The van der Waals surface area contributed by atoms with Gasteiger partial charge in [0, 0.05) is 11.7 Å². The lowest BCUT2D eigenvalue weighted by molar-refractivity contribution is 0.253. The molecule has 0 bridgehead atoms. The highest BCUT2D eigenvalue weighted by Crippen LogP contribution is 2.38. The first-order chi connectivity index (χ1) is 5.71. The smallest absolute Gasteiger partial charge is 0.106 e. The maximum atomic E-state index is 6.14. The number of rotatable bonds is 1. The molecular weight excluding hydrogens is 216 g/mol. The summed E-state index contributed by atoms with van der Waals surface area (Å²) in [4.78, 5) is 4.07. The fourth-order valence-corrected chi connectivity index (χ4v) is 1.92. The molecule has 0 unspecified atom stereocenters. The normalized spacial score (nSPS) is 20.2. The van der Waals surface area contributed by atoms with Gasteiger partial charge in [-0.15, -0.1) is 0 Å². The molecule has 0 aromatic carbocycles. The minimum Gasteiger partial charge on any atom is -0.321 e. The molecule has 0 amide bonds. The van der Waals surface area contributed by atoms with E-state index >= 15 is 0 Å². The molecule has 1 aromatic rings. The van der Waals surface area contributed by atoms with Gasteiger partial charge < -0.3 is 5.73 Å². The molecule has 1 aliphatic carbocycles. The highest BCUT2D eigenvalue weighted by atomic mass is 79.9. The fraction of sp³-hybridized carbons (Fsp3) is 0.444. The Labute approximate surface area is 80.3 Å². The van der Waals surface area contributed by atoms with Gasteiger partial charge in [-0.25, -0.2) is 4.98 Å². The van der Waals surface area contributed by atoms with E-state index in [1.54, 1.807) is 6.20 Å². The van der Waals surface area contributed by atoms with E-state index in [4.69, 9.17) is 5.73 Å². The first-order valence-electron chi connectivity index (χ1n) is 4.12.